The molecule has 5 nitrogen and oxygen atoms in total. The Kier molecular flexibility index (Phi) is 6.89. The maximum absolute atomic E-state index is 12.6. The van der Waals surface area contributed by atoms with Crippen molar-refractivity contribution < 1.29 is 14.3 Å². The third kappa shape index (κ3) is 5.13. The van der Waals surface area contributed by atoms with Gasteiger partial charge in [-0.15, -0.1) is 0 Å². The van der Waals surface area contributed by atoms with Crippen LogP contribution < -0.4 is 15.4 Å². The molecule has 1 unspecified atom stereocenters. The van der Waals surface area contributed by atoms with E-state index in [9.17, 15) is 9.59 Å². The van der Waals surface area contributed by atoms with Crippen LogP contribution in [0.4, 0.5) is 5.69 Å². The second-order valence-corrected chi connectivity index (χ2v) is 6.86. The standard InChI is InChI=1S/C19H20Cl2N2O3/c1-11(2)17(19(25)22-13-6-9-15(20)16(21)10-13)23-18(24)12-4-7-14(26-3)8-5-12/h4-11,17H,1-3H3,(H,22,25)(H,23,24). The highest BCUT2D eigenvalue weighted by molar-refractivity contribution is 6.42. The summed E-state index contributed by atoms with van der Waals surface area (Å²) in [5, 5.41) is 6.26. The lowest BCUT2D eigenvalue weighted by Crippen LogP contribution is -2.47. The Morgan fingerprint density at radius 3 is 2.19 bits per heavy atom. The Morgan fingerprint density at radius 1 is 1.00 bits per heavy atom. The maximum atomic E-state index is 12.6. The Hall–Kier alpha value is -2.24. The molecule has 0 heterocycles. The summed E-state index contributed by atoms with van der Waals surface area (Å²) in [7, 11) is 1.55. The summed E-state index contributed by atoms with van der Waals surface area (Å²) >= 11 is 11.8. The van der Waals surface area contributed by atoms with E-state index in [0.29, 0.717) is 27.0 Å². The van der Waals surface area contributed by atoms with Crippen molar-refractivity contribution in [1.29, 1.82) is 0 Å². The highest BCUT2D eigenvalue weighted by atomic mass is 35.5. The fraction of sp³-hybridized carbons (Fsp3) is 0.263. The van der Waals surface area contributed by atoms with Crippen LogP contribution in [-0.4, -0.2) is 25.0 Å². The van der Waals surface area contributed by atoms with Gasteiger partial charge in [-0.05, 0) is 48.4 Å². The molecule has 2 amide bonds. The van der Waals surface area contributed by atoms with Gasteiger partial charge in [-0.2, -0.15) is 0 Å². The number of hydrogen-bond donors (Lipinski definition) is 2. The molecule has 2 aromatic rings. The van der Waals surface area contributed by atoms with Crippen LogP contribution in [0.15, 0.2) is 42.5 Å². The predicted octanol–water partition coefficient (Wildman–Crippen LogP) is 4.40. The van der Waals surface area contributed by atoms with Crippen molar-refractivity contribution in [2.24, 2.45) is 5.92 Å². The van der Waals surface area contributed by atoms with Gasteiger partial charge < -0.3 is 15.4 Å². The van der Waals surface area contributed by atoms with Gasteiger partial charge in [0.1, 0.15) is 11.8 Å². The zero-order valence-corrected chi connectivity index (χ0v) is 16.2. The molecular formula is C19H20Cl2N2O3. The molecule has 2 N–H and O–H groups in total. The van der Waals surface area contributed by atoms with Gasteiger partial charge in [0.2, 0.25) is 5.91 Å². The van der Waals surface area contributed by atoms with Crippen LogP contribution in [0.3, 0.4) is 0 Å². The summed E-state index contributed by atoms with van der Waals surface area (Å²) in [5.41, 5.74) is 0.951. The lowest BCUT2D eigenvalue weighted by Gasteiger charge is -2.22. The second-order valence-electron chi connectivity index (χ2n) is 6.04. The summed E-state index contributed by atoms with van der Waals surface area (Å²) in [6.45, 7) is 3.71. The molecule has 2 aromatic carbocycles. The van der Waals surface area contributed by atoms with Gasteiger partial charge in [-0.25, -0.2) is 0 Å². The smallest absolute Gasteiger partial charge is 0.251 e. The lowest BCUT2D eigenvalue weighted by atomic mass is 10.0. The van der Waals surface area contributed by atoms with Gasteiger partial charge in [0.25, 0.3) is 5.91 Å². The Balaban J connectivity index is 2.10. The third-order valence-corrected chi connectivity index (χ3v) is 4.51. The average molecular weight is 395 g/mol. The van der Waals surface area contributed by atoms with E-state index in [4.69, 9.17) is 27.9 Å². The van der Waals surface area contributed by atoms with Crippen LogP contribution in [-0.2, 0) is 4.79 Å². The largest absolute Gasteiger partial charge is 0.497 e. The highest BCUT2D eigenvalue weighted by Gasteiger charge is 2.25. The summed E-state index contributed by atoms with van der Waals surface area (Å²) in [6.07, 6.45) is 0. The topological polar surface area (TPSA) is 67.4 Å². The number of amides is 2. The molecule has 0 aromatic heterocycles. The number of halogens is 2. The SMILES string of the molecule is COc1ccc(C(=O)NC(C(=O)Nc2ccc(Cl)c(Cl)c2)C(C)C)cc1. The van der Waals surface area contributed by atoms with Crippen LogP contribution in [0.25, 0.3) is 0 Å². The summed E-state index contributed by atoms with van der Waals surface area (Å²) < 4.78 is 5.07. The average Bonchev–Trinajstić information content (AvgIpc) is 2.62. The van der Waals surface area contributed by atoms with Crippen molar-refractivity contribution >= 4 is 40.7 Å². The molecule has 1 atom stereocenters. The molecule has 0 spiro atoms. The molecule has 2 rings (SSSR count). The van der Waals surface area contributed by atoms with Crippen molar-refractivity contribution in [2.45, 2.75) is 19.9 Å². The fourth-order valence-corrected chi connectivity index (χ4v) is 2.59. The van der Waals surface area contributed by atoms with E-state index < -0.39 is 6.04 Å². The fourth-order valence-electron chi connectivity index (χ4n) is 2.30. The summed E-state index contributed by atoms with van der Waals surface area (Å²) in [5.74, 6) is -0.129. The molecular weight excluding hydrogens is 375 g/mol. The van der Waals surface area contributed by atoms with E-state index >= 15 is 0 Å². The van der Waals surface area contributed by atoms with Crippen molar-refractivity contribution in [2.75, 3.05) is 12.4 Å². The second kappa shape index (κ2) is 8.92. The zero-order valence-electron chi connectivity index (χ0n) is 14.7. The number of ether oxygens (including phenoxy) is 1. The third-order valence-electron chi connectivity index (χ3n) is 3.78. The van der Waals surface area contributed by atoms with Crippen molar-refractivity contribution in [3.05, 3.63) is 58.1 Å². The number of carbonyl (C=O) groups is 2. The van der Waals surface area contributed by atoms with E-state index in [0.717, 1.165) is 0 Å². The van der Waals surface area contributed by atoms with Gasteiger partial charge in [-0.1, -0.05) is 37.0 Å². The van der Waals surface area contributed by atoms with E-state index in [1.807, 2.05) is 13.8 Å². The summed E-state index contributed by atoms with van der Waals surface area (Å²) in [6, 6.07) is 10.8. The molecule has 138 valence electrons. The Bertz CT molecular complexity index is 792. The van der Waals surface area contributed by atoms with Gasteiger partial charge in [-0.3, -0.25) is 9.59 Å². The lowest BCUT2D eigenvalue weighted by molar-refractivity contribution is -0.118. The van der Waals surface area contributed by atoms with Gasteiger partial charge in [0.15, 0.2) is 0 Å². The van der Waals surface area contributed by atoms with Crippen LogP contribution in [0.5, 0.6) is 5.75 Å². The molecule has 0 aliphatic heterocycles. The maximum Gasteiger partial charge on any atom is 0.251 e. The number of carbonyl (C=O) groups excluding carboxylic acids is 2. The number of nitrogens with one attached hydrogen (secondary N) is 2. The number of anilines is 1. The number of rotatable bonds is 6. The number of methoxy groups -OCH3 is 1. The van der Waals surface area contributed by atoms with E-state index in [1.165, 1.54) is 0 Å². The van der Waals surface area contributed by atoms with Crippen molar-refractivity contribution in [3.8, 4) is 5.75 Å². The first kappa shape index (κ1) is 20.1. The number of benzene rings is 2. The minimum Gasteiger partial charge on any atom is -0.497 e. The van der Waals surface area contributed by atoms with Crippen LogP contribution >= 0.6 is 23.2 Å². The first-order valence-corrected chi connectivity index (χ1v) is 8.78. The molecule has 7 heteroatoms. The normalized spacial score (nSPS) is 11.8. The zero-order chi connectivity index (χ0) is 19.3. The van der Waals surface area contributed by atoms with Gasteiger partial charge in [0, 0.05) is 11.3 Å². The van der Waals surface area contributed by atoms with E-state index in [1.54, 1.807) is 49.6 Å². The monoisotopic (exact) mass is 394 g/mol. The van der Waals surface area contributed by atoms with Crippen LogP contribution in [0.1, 0.15) is 24.2 Å². The molecule has 0 saturated heterocycles. The Morgan fingerprint density at radius 2 is 1.65 bits per heavy atom. The van der Waals surface area contributed by atoms with E-state index in [-0.39, 0.29) is 17.7 Å². The molecule has 0 saturated carbocycles. The molecule has 26 heavy (non-hydrogen) atoms. The molecule has 0 bridgehead atoms. The first-order valence-electron chi connectivity index (χ1n) is 8.02. The Labute approximate surface area is 162 Å². The number of hydrogen-bond acceptors (Lipinski definition) is 3. The van der Waals surface area contributed by atoms with Crippen LogP contribution in [0, 0.1) is 5.92 Å². The minimum atomic E-state index is -0.709. The molecule has 0 aliphatic rings. The summed E-state index contributed by atoms with van der Waals surface area (Å²) in [4.78, 5) is 25.0. The highest BCUT2D eigenvalue weighted by Crippen LogP contribution is 2.25. The minimum absolute atomic E-state index is 0.111. The quantitative estimate of drug-likeness (QED) is 0.762. The first-order chi connectivity index (χ1) is 12.3. The van der Waals surface area contributed by atoms with Gasteiger partial charge >= 0.3 is 0 Å². The van der Waals surface area contributed by atoms with Gasteiger partial charge in [0.05, 0.1) is 17.2 Å². The van der Waals surface area contributed by atoms with Crippen molar-refractivity contribution in [1.82, 2.24) is 5.32 Å². The molecule has 0 radical (unpaired) electrons. The van der Waals surface area contributed by atoms with E-state index in [2.05, 4.69) is 10.6 Å². The molecule has 0 aliphatic carbocycles. The molecule has 0 fully saturated rings. The van der Waals surface area contributed by atoms with Crippen molar-refractivity contribution in [3.63, 3.8) is 0 Å². The predicted molar refractivity (Wildman–Crippen MR) is 104 cm³/mol. The van der Waals surface area contributed by atoms with Crippen LogP contribution in [0.2, 0.25) is 10.0 Å².